The van der Waals surface area contributed by atoms with Crippen molar-refractivity contribution >= 4 is 40.4 Å². The number of rotatable bonds is 9. The molecule has 0 atom stereocenters. The smallest absolute Gasteiger partial charge is 0.335 e. The van der Waals surface area contributed by atoms with E-state index >= 15 is 0 Å². The lowest BCUT2D eigenvalue weighted by atomic mass is 9.99. The number of carboxylic acid groups (broad SMARTS) is 1. The third-order valence-electron chi connectivity index (χ3n) is 6.97. The number of anilines is 2. The van der Waals surface area contributed by atoms with Gasteiger partial charge in [-0.15, -0.1) is 0 Å². The van der Waals surface area contributed by atoms with Gasteiger partial charge >= 0.3 is 5.97 Å². The molecule has 0 aromatic heterocycles. The summed E-state index contributed by atoms with van der Waals surface area (Å²) in [6, 6.07) is 20.7. The van der Waals surface area contributed by atoms with Gasteiger partial charge in [-0.2, -0.15) is 0 Å². The van der Waals surface area contributed by atoms with Crippen molar-refractivity contribution in [1.29, 1.82) is 0 Å². The zero-order valence-corrected chi connectivity index (χ0v) is 21.7. The number of piperidine rings is 1. The standard InChI is InChI=1S/C30H30N4O6/c35-23-12-14-34(15-13-23)16-17-40-33-28(36)20-6-9-22(10-7-20)31-27(19-4-2-1-3-5-19)26-24-11-8-21(30(38)39)18-25(24)32-29(26)37/h1-11,18,23,31,35H,12-17H2,(H,32,37)(H,33,36)(H,38,39). The van der Waals surface area contributed by atoms with Crippen LogP contribution in [0.25, 0.3) is 11.3 Å². The Balaban J connectivity index is 1.29. The average Bonchev–Trinajstić information content (AvgIpc) is 3.30. The number of aliphatic hydroxyl groups excluding tert-OH is 1. The van der Waals surface area contributed by atoms with E-state index in [1.165, 1.54) is 12.1 Å². The van der Waals surface area contributed by atoms with E-state index in [2.05, 4.69) is 21.0 Å². The number of carbonyl (C=O) groups excluding carboxylic acids is 2. The summed E-state index contributed by atoms with van der Waals surface area (Å²) < 4.78 is 0. The van der Waals surface area contributed by atoms with Crippen LogP contribution in [0.3, 0.4) is 0 Å². The molecule has 0 spiro atoms. The Morgan fingerprint density at radius 1 is 0.950 bits per heavy atom. The molecule has 0 aliphatic carbocycles. The third kappa shape index (κ3) is 6.20. The van der Waals surface area contributed by atoms with Crippen molar-refractivity contribution in [2.75, 3.05) is 36.9 Å². The molecule has 5 N–H and O–H groups in total. The number of nitrogens with zero attached hydrogens (tertiary/aromatic N) is 1. The van der Waals surface area contributed by atoms with Crippen LogP contribution >= 0.6 is 0 Å². The van der Waals surface area contributed by atoms with Crippen molar-refractivity contribution in [1.82, 2.24) is 10.4 Å². The van der Waals surface area contributed by atoms with Crippen LogP contribution in [-0.4, -0.2) is 65.2 Å². The maximum Gasteiger partial charge on any atom is 0.335 e. The highest BCUT2D eigenvalue weighted by atomic mass is 16.7. The molecule has 40 heavy (non-hydrogen) atoms. The van der Waals surface area contributed by atoms with Gasteiger partial charge in [-0.05, 0) is 54.8 Å². The summed E-state index contributed by atoms with van der Waals surface area (Å²) in [4.78, 5) is 44.6. The van der Waals surface area contributed by atoms with E-state index in [0.717, 1.165) is 31.5 Å². The van der Waals surface area contributed by atoms with Gasteiger partial charge < -0.3 is 25.7 Å². The number of amides is 2. The zero-order chi connectivity index (χ0) is 28.1. The Morgan fingerprint density at radius 3 is 2.35 bits per heavy atom. The number of nitrogens with one attached hydrogen (secondary N) is 3. The molecule has 1 saturated heterocycles. The van der Waals surface area contributed by atoms with Crippen LogP contribution in [0.5, 0.6) is 0 Å². The van der Waals surface area contributed by atoms with E-state index in [1.54, 1.807) is 30.3 Å². The summed E-state index contributed by atoms with van der Waals surface area (Å²) in [5, 5.41) is 25.0. The second kappa shape index (κ2) is 12.1. The fourth-order valence-corrected chi connectivity index (χ4v) is 4.78. The Labute approximate surface area is 231 Å². The Bertz CT molecular complexity index is 1430. The van der Waals surface area contributed by atoms with E-state index in [9.17, 15) is 24.6 Å². The van der Waals surface area contributed by atoms with Gasteiger partial charge in [0.15, 0.2) is 0 Å². The third-order valence-corrected chi connectivity index (χ3v) is 6.97. The molecule has 206 valence electrons. The molecule has 5 rings (SSSR count). The van der Waals surface area contributed by atoms with Gasteiger partial charge in [0.05, 0.1) is 35.2 Å². The maximum absolute atomic E-state index is 13.1. The minimum atomic E-state index is -1.08. The predicted octanol–water partition coefficient (Wildman–Crippen LogP) is 3.44. The molecule has 1 fully saturated rings. The summed E-state index contributed by atoms with van der Waals surface area (Å²) in [7, 11) is 0. The largest absolute Gasteiger partial charge is 0.478 e. The average molecular weight is 543 g/mol. The van der Waals surface area contributed by atoms with Gasteiger partial charge in [-0.25, -0.2) is 10.3 Å². The Hall–Kier alpha value is -4.51. The molecular formula is C30H30N4O6. The Morgan fingerprint density at radius 2 is 1.65 bits per heavy atom. The molecule has 0 radical (unpaired) electrons. The predicted molar refractivity (Wildman–Crippen MR) is 150 cm³/mol. The monoisotopic (exact) mass is 542 g/mol. The van der Waals surface area contributed by atoms with Crippen LogP contribution in [0.4, 0.5) is 11.4 Å². The quantitative estimate of drug-likeness (QED) is 0.157. The first-order chi connectivity index (χ1) is 19.4. The summed E-state index contributed by atoms with van der Waals surface area (Å²) >= 11 is 0. The van der Waals surface area contributed by atoms with Gasteiger partial charge in [0, 0.05) is 36.4 Å². The van der Waals surface area contributed by atoms with Crippen LogP contribution < -0.4 is 16.1 Å². The number of likely N-dealkylation sites (tertiary alicyclic amines) is 1. The second-order valence-corrected chi connectivity index (χ2v) is 9.69. The Kier molecular flexibility index (Phi) is 8.20. The molecule has 2 heterocycles. The SMILES string of the molecule is O=C1Nc2cc(C(=O)O)ccc2C1=C(Nc1ccc(C(=O)NOCCN2CCC(O)CC2)cc1)c1ccccc1. The number of carbonyl (C=O) groups is 3. The van der Waals surface area contributed by atoms with E-state index in [0.29, 0.717) is 46.9 Å². The van der Waals surface area contributed by atoms with Crippen molar-refractivity contribution in [2.24, 2.45) is 0 Å². The van der Waals surface area contributed by atoms with Crippen molar-refractivity contribution in [3.05, 3.63) is 95.1 Å². The van der Waals surface area contributed by atoms with E-state index in [1.807, 2.05) is 30.3 Å². The highest BCUT2D eigenvalue weighted by molar-refractivity contribution is 6.37. The highest BCUT2D eigenvalue weighted by Gasteiger charge is 2.29. The molecule has 2 aliphatic heterocycles. The lowest BCUT2D eigenvalue weighted by Gasteiger charge is -2.29. The topological polar surface area (TPSA) is 140 Å². The summed E-state index contributed by atoms with van der Waals surface area (Å²) in [5.41, 5.74) is 6.33. The first-order valence-corrected chi connectivity index (χ1v) is 13.1. The highest BCUT2D eigenvalue weighted by Crippen LogP contribution is 2.38. The number of benzene rings is 3. The van der Waals surface area contributed by atoms with Crippen LogP contribution in [-0.2, 0) is 9.63 Å². The number of hydroxylamine groups is 1. The molecule has 0 unspecified atom stereocenters. The number of fused-ring (bicyclic) bond motifs is 1. The normalized spacial score (nSPS) is 16.7. The molecule has 2 amide bonds. The van der Waals surface area contributed by atoms with Gasteiger partial charge in [0.1, 0.15) is 0 Å². The van der Waals surface area contributed by atoms with Crippen molar-refractivity contribution < 1.29 is 29.4 Å². The summed E-state index contributed by atoms with van der Waals surface area (Å²) in [5.74, 6) is -1.80. The van der Waals surface area contributed by atoms with Crippen LogP contribution in [0.15, 0.2) is 72.8 Å². The number of hydrogen-bond acceptors (Lipinski definition) is 7. The molecule has 0 bridgehead atoms. The maximum atomic E-state index is 13.1. The molecule has 10 nitrogen and oxygen atoms in total. The van der Waals surface area contributed by atoms with Crippen molar-refractivity contribution in [3.8, 4) is 0 Å². The minimum absolute atomic E-state index is 0.0821. The fourth-order valence-electron chi connectivity index (χ4n) is 4.78. The van der Waals surface area contributed by atoms with Crippen LogP contribution in [0, 0.1) is 0 Å². The van der Waals surface area contributed by atoms with E-state index < -0.39 is 5.97 Å². The number of aromatic carboxylic acids is 1. The van der Waals surface area contributed by atoms with Gasteiger partial charge in [0.2, 0.25) is 0 Å². The molecule has 2 aliphatic rings. The molecular weight excluding hydrogens is 512 g/mol. The van der Waals surface area contributed by atoms with Crippen molar-refractivity contribution in [3.63, 3.8) is 0 Å². The first-order valence-electron chi connectivity index (χ1n) is 13.1. The number of hydrogen-bond donors (Lipinski definition) is 5. The first kappa shape index (κ1) is 27.1. The van der Waals surface area contributed by atoms with Crippen LogP contribution in [0.1, 0.15) is 44.7 Å². The number of carboxylic acids is 1. The molecule has 3 aromatic carbocycles. The number of aliphatic hydroxyl groups is 1. The molecule has 0 saturated carbocycles. The zero-order valence-electron chi connectivity index (χ0n) is 21.7. The van der Waals surface area contributed by atoms with E-state index in [-0.39, 0.29) is 23.5 Å². The molecule has 3 aromatic rings. The van der Waals surface area contributed by atoms with Gasteiger partial charge in [-0.1, -0.05) is 36.4 Å². The van der Waals surface area contributed by atoms with Crippen LogP contribution in [0.2, 0.25) is 0 Å². The molecule has 10 heteroatoms. The second-order valence-electron chi connectivity index (χ2n) is 9.69. The van der Waals surface area contributed by atoms with E-state index in [4.69, 9.17) is 4.84 Å². The lowest BCUT2D eigenvalue weighted by Crippen LogP contribution is -2.38. The summed E-state index contributed by atoms with van der Waals surface area (Å²) in [6.07, 6.45) is 1.27. The van der Waals surface area contributed by atoms with Crippen molar-refractivity contribution in [2.45, 2.75) is 18.9 Å². The summed E-state index contributed by atoms with van der Waals surface area (Å²) in [6.45, 7) is 2.63. The minimum Gasteiger partial charge on any atom is -0.478 e. The van der Waals surface area contributed by atoms with Gasteiger partial charge in [-0.3, -0.25) is 14.4 Å². The fraction of sp³-hybridized carbons (Fsp3) is 0.233. The lowest BCUT2D eigenvalue weighted by molar-refractivity contribution is -0.110. The van der Waals surface area contributed by atoms with Gasteiger partial charge in [0.25, 0.3) is 11.8 Å².